The normalized spacial score (nSPS) is 13.6. The van der Waals surface area contributed by atoms with Gasteiger partial charge in [-0.05, 0) is 6.92 Å². The van der Waals surface area contributed by atoms with Crippen LogP contribution in [0, 0.1) is 12.1 Å². The van der Waals surface area contributed by atoms with Crippen LogP contribution >= 0.6 is 0 Å². The molecule has 0 aliphatic heterocycles. The Morgan fingerprint density at radius 3 is 2.04 bits per heavy atom. The maximum absolute atomic E-state index is 12.3. The lowest BCUT2D eigenvalue weighted by atomic mass is 10.0. The van der Waals surface area contributed by atoms with E-state index in [4.69, 9.17) is 18.9 Å². The Morgan fingerprint density at radius 1 is 1.00 bits per heavy atom. The van der Waals surface area contributed by atoms with Crippen LogP contribution in [0.25, 0.3) is 0 Å². The van der Waals surface area contributed by atoms with Crippen molar-refractivity contribution in [3.05, 3.63) is 29.0 Å². The van der Waals surface area contributed by atoms with Crippen molar-refractivity contribution in [3.63, 3.8) is 0 Å². The third-order valence-corrected chi connectivity index (χ3v) is 3.28. The molecule has 0 radical (unpaired) electrons. The van der Waals surface area contributed by atoms with Gasteiger partial charge in [-0.2, -0.15) is 4.73 Å². The molecule has 0 spiro atoms. The number of carbonyl (C=O) groups is 4. The first kappa shape index (κ1) is 22.8. The molecule has 3 atom stereocenters. The lowest BCUT2D eigenvalue weighted by Gasteiger charge is -2.30. The van der Waals surface area contributed by atoms with Crippen LogP contribution in [0.4, 0.5) is 0 Å². The van der Waals surface area contributed by atoms with Crippen LogP contribution < -0.4 is 4.73 Å². The minimum Gasteiger partial charge on any atom is -0.618 e. The number of aromatic nitrogens is 2. The molecular weight excluding hydrogens is 376 g/mol. The lowest BCUT2D eigenvalue weighted by Crippen LogP contribution is -2.47. The standard InChI is InChI=1S/C17H22N2O9/c1-9-7-19(24)14(6-18-9)16(27-12(4)22)17(28-13(5)23)15(26-11(3)21)8-25-10(2)20/h6-7,15-17H,8H2,1-5H3/t15-,16-,17-/m1/s1. The number of nitrogens with zero attached hydrogens (tertiary/aromatic N) is 2. The third-order valence-electron chi connectivity index (χ3n) is 3.28. The van der Waals surface area contributed by atoms with Crippen molar-refractivity contribution in [1.82, 2.24) is 4.98 Å². The molecule has 28 heavy (non-hydrogen) atoms. The molecule has 0 fully saturated rings. The van der Waals surface area contributed by atoms with E-state index in [-0.39, 0.29) is 5.69 Å². The van der Waals surface area contributed by atoms with E-state index in [0.29, 0.717) is 10.4 Å². The predicted molar refractivity (Wildman–Crippen MR) is 90.2 cm³/mol. The molecule has 0 aromatic carbocycles. The number of aryl methyl sites for hydroxylation is 1. The molecule has 0 bridgehead atoms. The molecule has 0 saturated carbocycles. The molecule has 0 aliphatic carbocycles. The molecule has 0 saturated heterocycles. The van der Waals surface area contributed by atoms with Crippen LogP contribution in [-0.4, -0.2) is 47.7 Å². The number of carbonyl (C=O) groups excluding carboxylic acids is 4. The Morgan fingerprint density at radius 2 is 1.57 bits per heavy atom. The van der Waals surface area contributed by atoms with Crippen molar-refractivity contribution in [2.45, 2.75) is 52.9 Å². The first-order valence-corrected chi connectivity index (χ1v) is 8.22. The first-order chi connectivity index (χ1) is 13.0. The largest absolute Gasteiger partial charge is 0.618 e. The summed E-state index contributed by atoms with van der Waals surface area (Å²) in [6.07, 6.45) is -2.04. The van der Waals surface area contributed by atoms with E-state index in [1.54, 1.807) is 6.92 Å². The van der Waals surface area contributed by atoms with Gasteiger partial charge in [0.05, 0.1) is 6.20 Å². The van der Waals surface area contributed by atoms with E-state index in [0.717, 1.165) is 40.1 Å². The van der Waals surface area contributed by atoms with Crippen LogP contribution in [0.2, 0.25) is 0 Å². The van der Waals surface area contributed by atoms with Crippen LogP contribution in [0.5, 0.6) is 0 Å². The molecule has 1 heterocycles. The molecule has 1 aromatic rings. The van der Waals surface area contributed by atoms with E-state index in [1.807, 2.05) is 0 Å². The number of ether oxygens (including phenoxy) is 4. The molecule has 0 N–H and O–H groups in total. The van der Waals surface area contributed by atoms with E-state index in [2.05, 4.69) is 4.98 Å². The molecule has 1 rings (SSSR count). The quantitative estimate of drug-likeness (QED) is 0.255. The molecule has 0 unspecified atom stereocenters. The van der Waals surface area contributed by atoms with Crippen molar-refractivity contribution < 1.29 is 42.9 Å². The molecular formula is C17H22N2O9. The maximum Gasteiger partial charge on any atom is 0.303 e. The van der Waals surface area contributed by atoms with Crippen LogP contribution in [0.15, 0.2) is 12.4 Å². The van der Waals surface area contributed by atoms with Crippen molar-refractivity contribution in [2.24, 2.45) is 0 Å². The zero-order chi connectivity index (χ0) is 21.4. The molecule has 154 valence electrons. The fraction of sp³-hybridized carbons (Fsp3) is 0.529. The zero-order valence-electron chi connectivity index (χ0n) is 16.2. The van der Waals surface area contributed by atoms with Gasteiger partial charge < -0.3 is 24.2 Å². The first-order valence-electron chi connectivity index (χ1n) is 8.22. The Bertz CT molecular complexity index is 750. The van der Waals surface area contributed by atoms with Crippen molar-refractivity contribution in [3.8, 4) is 0 Å². The lowest BCUT2D eigenvalue weighted by molar-refractivity contribution is -0.620. The van der Waals surface area contributed by atoms with Crippen molar-refractivity contribution in [1.29, 1.82) is 0 Å². The topological polar surface area (TPSA) is 145 Å². The average Bonchev–Trinajstić information content (AvgIpc) is 2.54. The van der Waals surface area contributed by atoms with Crippen molar-refractivity contribution in [2.75, 3.05) is 6.61 Å². The Kier molecular flexibility index (Phi) is 8.29. The summed E-state index contributed by atoms with van der Waals surface area (Å²) in [7, 11) is 0. The smallest absolute Gasteiger partial charge is 0.303 e. The summed E-state index contributed by atoms with van der Waals surface area (Å²) in [6, 6.07) is 0. The third kappa shape index (κ3) is 7.17. The fourth-order valence-electron chi connectivity index (χ4n) is 2.31. The highest BCUT2D eigenvalue weighted by Gasteiger charge is 2.43. The average molecular weight is 398 g/mol. The molecule has 1 aromatic heterocycles. The fourth-order valence-corrected chi connectivity index (χ4v) is 2.31. The SMILES string of the molecule is CC(=O)OC[C@@H](OC(C)=O)[C@@H](OC(C)=O)[C@H](OC(C)=O)c1cnc(C)c[n+]1[O-]. The summed E-state index contributed by atoms with van der Waals surface area (Å²) in [4.78, 5) is 49.9. The number of hydrogen-bond donors (Lipinski definition) is 0. The maximum atomic E-state index is 12.3. The second kappa shape index (κ2) is 10.2. The Labute approximate surface area is 161 Å². The monoisotopic (exact) mass is 398 g/mol. The van der Waals surface area contributed by atoms with Gasteiger partial charge in [-0.3, -0.25) is 19.2 Å². The molecule has 0 aliphatic rings. The summed E-state index contributed by atoms with van der Waals surface area (Å²) < 4.78 is 20.7. The highest BCUT2D eigenvalue weighted by atomic mass is 16.6. The van der Waals surface area contributed by atoms with Gasteiger partial charge >= 0.3 is 23.9 Å². The van der Waals surface area contributed by atoms with E-state index in [1.165, 1.54) is 0 Å². The zero-order valence-corrected chi connectivity index (χ0v) is 16.2. The summed E-state index contributed by atoms with van der Waals surface area (Å²) >= 11 is 0. The van der Waals surface area contributed by atoms with Gasteiger partial charge in [0.15, 0.2) is 12.2 Å². The van der Waals surface area contributed by atoms with Crippen LogP contribution in [-0.2, 0) is 38.1 Å². The van der Waals surface area contributed by atoms with Gasteiger partial charge in [-0.15, -0.1) is 0 Å². The van der Waals surface area contributed by atoms with Crippen LogP contribution in [0.1, 0.15) is 45.2 Å². The summed E-state index contributed by atoms with van der Waals surface area (Å²) in [5, 5.41) is 12.3. The summed E-state index contributed by atoms with van der Waals surface area (Å²) in [6.45, 7) is 5.46. The van der Waals surface area contributed by atoms with E-state index >= 15 is 0 Å². The van der Waals surface area contributed by atoms with Gasteiger partial charge in [0, 0.05) is 27.7 Å². The van der Waals surface area contributed by atoms with Gasteiger partial charge in [0.25, 0.3) is 5.69 Å². The molecule has 0 amide bonds. The van der Waals surface area contributed by atoms with E-state index in [9.17, 15) is 24.4 Å². The Balaban J connectivity index is 3.44. The number of esters is 4. The predicted octanol–water partition coefficient (Wildman–Crippen LogP) is 0.0541. The van der Waals surface area contributed by atoms with Gasteiger partial charge in [0.1, 0.15) is 12.3 Å². The Hall–Kier alpha value is -3.24. The second-order valence-corrected chi connectivity index (χ2v) is 5.83. The summed E-state index contributed by atoms with van der Waals surface area (Å²) in [5.74, 6) is -3.05. The van der Waals surface area contributed by atoms with Crippen molar-refractivity contribution >= 4 is 23.9 Å². The molecule has 11 nitrogen and oxygen atoms in total. The van der Waals surface area contributed by atoms with Gasteiger partial charge in [-0.25, -0.2) is 4.98 Å². The number of rotatable bonds is 8. The van der Waals surface area contributed by atoms with Crippen LogP contribution in [0.3, 0.4) is 0 Å². The molecule has 11 heteroatoms. The highest BCUT2D eigenvalue weighted by molar-refractivity contribution is 5.68. The minimum atomic E-state index is -1.48. The number of hydrogen-bond acceptors (Lipinski definition) is 10. The van der Waals surface area contributed by atoms with Gasteiger partial charge in [0.2, 0.25) is 12.3 Å². The highest BCUT2D eigenvalue weighted by Crippen LogP contribution is 2.26. The van der Waals surface area contributed by atoms with Gasteiger partial charge in [-0.1, -0.05) is 0 Å². The van der Waals surface area contributed by atoms with E-state index < -0.39 is 48.8 Å². The minimum absolute atomic E-state index is 0.174. The second-order valence-electron chi connectivity index (χ2n) is 5.83. The summed E-state index contributed by atoms with van der Waals surface area (Å²) in [5.41, 5.74) is 0.216.